The Morgan fingerprint density at radius 2 is 1.59 bits per heavy atom. The smallest absolute Gasteiger partial charge is 0.253 e. The molecule has 0 bridgehead atoms. The number of rotatable bonds is 6. The van der Waals surface area contributed by atoms with Crippen LogP contribution in [0.15, 0.2) is 48.5 Å². The molecule has 2 saturated heterocycles. The fraction of sp³-hybridized carbons (Fsp3) is 0.500. The first kappa shape index (κ1) is 24.9. The Hall–Kier alpha value is -2.26. The molecular weight excluding hydrogens is 450 g/mol. The molecule has 2 heterocycles. The van der Waals surface area contributed by atoms with Crippen LogP contribution in [-0.2, 0) is 10.0 Å². The maximum atomic E-state index is 12.6. The van der Waals surface area contributed by atoms with E-state index >= 15 is 0 Å². The molecule has 0 radical (unpaired) electrons. The summed E-state index contributed by atoms with van der Waals surface area (Å²) in [7, 11) is 0.225. The van der Waals surface area contributed by atoms with Crippen LogP contribution in [0.4, 0.5) is 0 Å². The molecule has 0 unspecified atom stereocenters. The minimum absolute atomic E-state index is 0.0106. The van der Waals surface area contributed by atoms with Crippen LogP contribution in [0.3, 0.4) is 0 Å². The van der Waals surface area contributed by atoms with Crippen molar-refractivity contribution in [1.29, 1.82) is 0 Å². The van der Waals surface area contributed by atoms with Crippen LogP contribution >= 0.6 is 0 Å². The predicted molar refractivity (Wildman–Crippen MR) is 134 cm³/mol. The Balaban J connectivity index is 1.55. The van der Waals surface area contributed by atoms with Crippen molar-refractivity contribution < 1.29 is 18.3 Å². The van der Waals surface area contributed by atoms with E-state index in [1.165, 1.54) is 0 Å². The van der Waals surface area contributed by atoms with Crippen molar-refractivity contribution in [3.63, 3.8) is 0 Å². The number of amides is 1. The van der Waals surface area contributed by atoms with Gasteiger partial charge in [-0.25, -0.2) is 12.7 Å². The maximum Gasteiger partial charge on any atom is 0.253 e. The molecular formula is C26H35N3O4S. The zero-order valence-corrected chi connectivity index (χ0v) is 21.0. The number of carbonyl (C=O) groups is 1. The molecule has 2 aromatic carbocycles. The molecule has 0 aromatic heterocycles. The third-order valence-electron chi connectivity index (χ3n) is 7.26. The van der Waals surface area contributed by atoms with Gasteiger partial charge in [0, 0.05) is 50.7 Å². The van der Waals surface area contributed by atoms with Crippen molar-refractivity contribution in [3.05, 3.63) is 59.7 Å². The molecule has 8 heteroatoms. The molecule has 2 aliphatic rings. The molecule has 34 heavy (non-hydrogen) atoms. The third-order valence-corrected chi connectivity index (χ3v) is 9.11. The zero-order valence-electron chi connectivity index (χ0n) is 20.2. The second-order valence-electron chi connectivity index (χ2n) is 9.45. The number of aliphatic hydroxyl groups is 1. The molecule has 3 atom stereocenters. The molecule has 184 valence electrons. The first-order valence-corrected chi connectivity index (χ1v) is 13.6. The standard InChI is InChI=1S/C26H35N3O4S/c1-4-34(32,33)28-15-5-6-16-29-23(17-28)25(24(29)18-30)21-11-7-19(8-12-21)20-9-13-22(14-10-20)26(31)27(2)3/h7-14,23-25,30H,4-6,15-18H2,1-3H3/t23-,24+,25+/m0/s1. The van der Waals surface area contributed by atoms with Crippen molar-refractivity contribution >= 4 is 15.9 Å². The van der Waals surface area contributed by atoms with Gasteiger partial charge in [-0.05, 0) is 55.1 Å². The fourth-order valence-electron chi connectivity index (χ4n) is 5.31. The highest BCUT2D eigenvalue weighted by Crippen LogP contribution is 2.42. The molecule has 2 fully saturated rings. The van der Waals surface area contributed by atoms with Crippen molar-refractivity contribution in [2.75, 3.05) is 46.1 Å². The number of carbonyl (C=O) groups excluding carboxylic acids is 1. The van der Waals surface area contributed by atoms with E-state index in [1.54, 1.807) is 30.2 Å². The summed E-state index contributed by atoms with van der Waals surface area (Å²) in [6.45, 7) is 3.69. The van der Waals surface area contributed by atoms with E-state index in [9.17, 15) is 18.3 Å². The monoisotopic (exact) mass is 485 g/mol. The third kappa shape index (κ3) is 4.77. The Labute approximate surface area is 203 Å². The van der Waals surface area contributed by atoms with Crippen molar-refractivity contribution in [1.82, 2.24) is 14.1 Å². The largest absolute Gasteiger partial charge is 0.395 e. The molecule has 4 rings (SSSR count). The molecule has 1 amide bonds. The van der Waals surface area contributed by atoms with Crippen LogP contribution in [0.1, 0.15) is 41.6 Å². The number of fused-ring (bicyclic) bond motifs is 1. The minimum atomic E-state index is -3.25. The zero-order chi connectivity index (χ0) is 24.5. The van der Waals surface area contributed by atoms with Crippen LogP contribution < -0.4 is 0 Å². The summed E-state index contributed by atoms with van der Waals surface area (Å²) in [5, 5.41) is 10.1. The first-order valence-electron chi connectivity index (χ1n) is 12.0. The lowest BCUT2D eigenvalue weighted by Gasteiger charge is -2.57. The average molecular weight is 486 g/mol. The van der Waals surface area contributed by atoms with Gasteiger partial charge in [-0.3, -0.25) is 9.69 Å². The van der Waals surface area contributed by atoms with Gasteiger partial charge in [0.15, 0.2) is 0 Å². The topological polar surface area (TPSA) is 81.2 Å². The molecule has 0 saturated carbocycles. The molecule has 7 nitrogen and oxygen atoms in total. The van der Waals surface area contributed by atoms with Crippen LogP contribution in [0.5, 0.6) is 0 Å². The summed E-state index contributed by atoms with van der Waals surface area (Å²) < 4.78 is 26.9. The molecule has 1 N–H and O–H groups in total. The summed E-state index contributed by atoms with van der Waals surface area (Å²) in [6, 6.07) is 16.0. The highest BCUT2D eigenvalue weighted by atomic mass is 32.2. The average Bonchev–Trinajstić information content (AvgIpc) is 2.83. The van der Waals surface area contributed by atoms with E-state index in [2.05, 4.69) is 29.2 Å². The highest BCUT2D eigenvalue weighted by Gasteiger charge is 2.50. The Bertz CT molecular complexity index is 1100. The minimum Gasteiger partial charge on any atom is -0.395 e. The van der Waals surface area contributed by atoms with Crippen LogP contribution in [-0.4, -0.2) is 91.7 Å². The SMILES string of the molecule is CCS(=O)(=O)N1CCCCN2[C@H](CO)[C@H](c3ccc(-c4ccc(C(=O)N(C)C)cc4)cc3)[C@@H]2C1. The summed E-state index contributed by atoms with van der Waals surface area (Å²) in [5.41, 5.74) is 3.86. The number of sulfonamides is 1. The number of aliphatic hydroxyl groups excluding tert-OH is 1. The van der Waals surface area contributed by atoms with Gasteiger partial charge < -0.3 is 10.0 Å². The van der Waals surface area contributed by atoms with E-state index < -0.39 is 10.0 Å². The second-order valence-corrected chi connectivity index (χ2v) is 11.7. The van der Waals surface area contributed by atoms with E-state index in [-0.39, 0.29) is 36.3 Å². The maximum absolute atomic E-state index is 12.6. The summed E-state index contributed by atoms with van der Waals surface area (Å²) >= 11 is 0. The first-order chi connectivity index (χ1) is 16.3. The fourth-order valence-corrected chi connectivity index (χ4v) is 6.46. The summed E-state index contributed by atoms with van der Waals surface area (Å²) in [6.07, 6.45) is 1.78. The Morgan fingerprint density at radius 3 is 2.15 bits per heavy atom. The lowest BCUT2D eigenvalue weighted by atomic mass is 9.74. The van der Waals surface area contributed by atoms with Crippen molar-refractivity contribution in [2.45, 2.75) is 37.8 Å². The van der Waals surface area contributed by atoms with Gasteiger partial charge in [0.25, 0.3) is 5.91 Å². The van der Waals surface area contributed by atoms with Crippen molar-refractivity contribution in [3.8, 4) is 11.1 Å². The molecule has 2 aromatic rings. The quantitative estimate of drug-likeness (QED) is 0.680. The van der Waals surface area contributed by atoms with Gasteiger partial charge in [-0.2, -0.15) is 0 Å². The van der Waals surface area contributed by atoms with Crippen LogP contribution in [0.25, 0.3) is 11.1 Å². The second kappa shape index (κ2) is 10.2. The normalized spacial score (nSPS) is 23.9. The van der Waals surface area contributed by atoms with E-state index in [0.29, 0.717) is 18.7 Å². The lowest BCUT2D eigenvalue weighted by Crippen LogP contribution is -2.67. The number of hydrogen-bond donors (Lipinski definition) is 1. The van der Waals surface area contributed by atoms with Crippen LogP contribution in [0.2, 0.25) is 0 Å². The van der Waals surface area contributed by atoms with Crippen LogP contribution in [0, 0.1) is 0 Å². The summed E-state index contributed by atoms with van der Waals surface area (Å²) in [5.74, 6) is 0.179. The van der Waals surface area contributed by atoms with Gasteiger partial charge in [-0.15, -0.1) is 0 Å². The number of hydrogen-bond acceptors (Lipinski definition) is 5. The van der Waals surface area contributed by atoms with Gasteiger partial charge >= 0.3 is 0 Å². The van der Waals surface area contributed by atoms with Gasteiger partial charge in [0.1, 0.15) is 0 Å². The Morgan fingerprint density at radius 1 is 1.00 bits per heavy atom. The van der Waals surface area contributed by atoms with E-state index in [0.717, 1.165) is 36.1 Å². The number of nitrogens with zero attached hydrogens (tertiary/aromatic N) is 3. The lowest BCUT2D eigenvalue weighted by molar-refractivity contribution is -0.0553. The summed E-state index contributed by atoms with van der Waals surface area (Å²) in [4.78, 5) is 16.0. The highest BCUT2D eigenvalue weighted by molar-refractivity contribution is 7.89. The number of benzene rings is 2. The van der Waals surface area contributed by atoms with Gasteiger partial charge in [0.2, 0.25) is 10.0 Å². The van der Waals surface area contributed by atoms with Gasteiger partial charge in [-0.1, -0.05) is 36.4 Å². The van der Waals surface area contributed by atoms with Gasteiger partial charge in [0.05, 0.1) is 12.4 Å². The van der Waals surface area contributed by atoms with E-state index in [1.807, 2.05) is 24.3 Å². The van der Waals surface area contributed by atoms with Crippen molar-refractivity contribution in [2.24, 2.45) is 0 Å². The predicted octanol–water partition coefficient (Wildman–Crippen LogP) is 2.63. The molecule has 0 aliphatic carbocycles. The Kier molecular flexibility index (Phi) is 7.42. The van der Waals surface area contributed by atoms with E-state index in [4.69, 9.17) is 0 Å². The molecule has 2 aliphatic heterocycles. The molecule has 0 spiro atoms.